The van der Waals surface area contributed by atoms with Gasteiger partial charge in [-0.3, -0.25) is 4.79 Å². The summed E-state index contributed by atoms with van der Waals surface area (Å²) in [5.41, 5.74) is 5.05. The van der Waals surface area contributed by atoms with Gasteiger partial charge in [-0.1, -0.05) is 29.4 Å². The smallest absolute Gasteiger partial charge is 0.250 e. The van der Waals surface area contributed by atoms with Crippen molar-refractivity contribution in [1.29, 1.82) is 0 Å². The maximum atomic E-state index is 11.9. The van der Waals surface area contributed by atoms with Crippen LogP contribution in [0.1, 0.15) is 17.1 Å². The lowest BCUT2D eigenvalue weighted by Gasteiger charge is -2.02. The van der Waals surface area contributed by atoms with Gasteiger partial charge in [-0.2, -0.15) is 5.10 Å². The highest BCUT2D eigenvalue weighted by molar-refractivity contribution is 9.10. The Morgan fingerprint density at radius 1 is 1.25 bits per heavy atom. The zero-order chi connectivity index (χ0) is 20.1. The number of amides is 1. The predicted octanol–water partition coefficient (Wildman–Crippen LogP) is 5.01. The van der Waals surface area contributed by atoms with E-state index in [0.717, 1.165) is 21.4 Å². The summed E-state index contributed by atoms with van der Waals surface area (Å²) in [4.78, 5) is 20.5. The topological polar surface area (TPSA) is 80.4 Å². The molecule has 1 N–H and O–H groups in total. The summed E-state index contributed by atoms with van der Waals surface area (Å²) in [5.74, 6) is 1.08. The summed E-state index contributed by atoms with van der Waals surface area (Å²) in [7, 11) is 0. The van der Waals surface area contributed by atoms with E-state index < -0.39 is 0 Å². The standard InChI is InChI=1S/C19H16BrClN4O2S/c1-11-7-12(2)24-19(23-11)28-10-18(26)25-22-9-14-4-6-17(27-14)13-3-5-15(20)16(21)8-13/h3-9H,10H2,1-2H3,(H,25,26)/b22-9-. The van der Waals surface area contributed by atoms with E-state index in [-0.39, 0.29) is 11.7 Å². The first-order valence-electron chi connectivity index (χ1n) is 8.23. The largest absolute Gasteiger partial charge is 0.455 e. The third kappa shape index (κ3) is 5.67. The van der Waals surface area contributed by atoms with Crippen LogP contribution in [0.4, 0.5) is 0 Å². The Kier molecular flexibility index (Phi) is 6.88. The number of carbonyl (C=O) groups is 1. The number of nitrogens with one attached hydrogen (secondary N) is 1. The molecule has 3 rings (SSSR count). The third-order valence-electron chi connectivity index (χ3n) is 3.51. The number of nitrogens with zero attached hydrogens (tertiary/aromatic N) is 3. The van der Waals surface area contributed by atoms with Gasteiger partial charge in [0.15, 0.2) is 5.16 Å². The zero-order valence-electron chi connectivity index (χ0n) is 15.1. The lowest BCUT2D eigenvalue weighted by atomic mass is 10.2. The zero-order valence-corrected chi connectivity index (χ0v) is 18.2. The van der Waals surface area contributed by atoms with Gasteiger partial charge in [-0.25, -0.2) is 15.4 Å². The van der Waals surface area contributed by atoms with E-state index in [0.29, 0.717) is 21.7 Å². The Hall–Kier alpha value is -2.16. The first-order chi connectivity index (χ1) is 13.4. The van der Waals surface area contributed by atoms with E-state index >= 15 is 0 Å². The normalized spacial score (nSPS) is 11.1. The van der Waals surface area contributed by atoms with Gasteiger partial charge in [0.05, 0.1) is 17.0 Å². The minimum atomic E-state index is -0.254. The molecule has 1 amide bonds. The van der Waals surface area contributed by atoms with Crippen LogP contribution in [0.3, 0.4) is 0 Å². The Labute approximate surface area is 179 Å². The summed E-state index contributed by atoms with van der Waals surface area (Å²) in [6.45, 7) is 3.78. The molecule has 2 heterocycles. The van der Waals surface area contributed by atoms with Crippen LogP contribution in [0.5, 0.6) is 0 Å². The molecular formula is C19H16BrClN4O2S. The quantitative estimate of drug-likeness (QED) is 0.233. The Balaban J connectivity index is 1.53. The van der Waals surface area contributed by atoms with E-state index in [2.05, 4.69) is 36.4 Å². The number of hydrogen-bond donors (Lipinski definition) is 1. The van der Waals surface area contributed by atoms with Gasteiger partial charge >= 0.3 is 0 Å². The highest BCUT2D eigenvalue weighted by Crippen LogP contribution is 2.29. The van der Waals surface area contributed by atoms with E-state index in [1.54, 1.807) is 12.1 Å². The second kappa shape index (κ2) is 9.36. The molecule has 0 saturated carbocycles. The average Bonchev–Trinajstić information content (AvgIpc) is 3.10. The minimum absolute atomic E-state index is 0.168. The molecule has 144 valence electrons. The highest BCUT2D eigenvalue weighted by Gasteiger charge is 2.07. The molecule has 0 fully saturated rings. The number of aromatic nitrogens is 2. The number of furan rings is 1. The average molecular weight is 480 g/mol. The Bertz CT molecular complexity index is 1020. The number of hydrogen-bond acceptors (Lipinski definition) is 6. The molecule has 0 aliphatic rings. The number of thioether (sulfide) groups is 1. The van der Waals surface area contributed by atoms with Gasteiger partial charge in [-0.15, -0.1) is 0 Å². The van der Waals surface area contributed by atoms with Crippen molar-refractivity contribution in [2.24, 2.45) is 5.10 Å². The molecule has 28 heavy (non-hydrogen) atoms. The molecule has 0 saturated heterocycles. The van der Waals surface area contributed by atoms with Crippen molar-refractivity contribution in [1.82, 2.24) is 15.4 Å². The summed E-state index contributed by atoms with van der Waals surface area (Å²) < 4.78 is 6.52. The molecule has 2 aromatic heterocycles. The van der Waals surface area contributed by atoms with Crippen LogP contribution in [-0.2, 0) is 4.79 Å². The van der Waals surface area contributed by atoms with E-state index in [4.69, 9.17) is 16.0 Å². The maximum Gasteiger partial charge on any atom is 0.250 e. The third-order valence-corrected chi connectivity index (χ3v) is 5.59. The SMILES string of the molecule is Cc1cc(C)nc(SCC(=O)N/N=C\c2ccc(-c3ccc(Br)c(Cl)c3)o2)n1. The minimum Gasteiger partial charge on any atom is -0.455 e. The van der Waals surface area contributed by atoms with Crippen molar-refractivity contribution in [3.05, 3.63) is 63.0 Å². The number of aryl methyl sites for hydroxylation is 2. The molecule has 9 heteroatoms. The summed E-state index contributed by atoms with van der Waals surface area (Å²) >= 11 is 10.7. The molecule has 0 bridgehead atoms. The van der Waals surface area contributed by atoms with Gasteiger partial charge in [0.25, 0.3) is 5.91 Å². The Morgan fingerprint density at radius 3 is 2.71 bits per heavy atom. The van der Waals surface area contributed by atoms with E-state index in [1.165, 1.54) is 18.0 Å². The summed E-state index contributed by atoms with van der Waals surface area (Å²) in [6, 6.07) is 11.0. The molecule has 3 aromatic rings. The van der Waals surface area contributed by atoms with Crippen molar-refractivity contribution in [3.8, 4) is 11.3 Å². The van der Waals surface area contributed by atoms with Crippen LogP contribution in [-0.4, -0.2) is 27.8 Å². The second-order valence-electron chi connectivity index (χ2n) is 5.85. The molecule has 0 aliphatic heterocycles. The highest BCUT2D eigenvalue weighted by atomic mass is 79.9. The number of carbonyl (C=O) groups excluding carboxylic acids is 1. The van der Waals surface area contributed by atoms with Crippen molar-refractivity contribution in [2.45, 2.75) is 19.0 Å². The molecule has 0 aliphatic carbocycles. The second-order valence-corrected chi connectivity index (χ2v) is 8.05. The van der Waals surface area contributed by atoms with Crippen molar-refractivity contribution < 1.29 is 9.21 Å². The van der Waals surface area contributed by atoms with Crippen molar-refractivity contribution in [2.75, 3.05) is 5.75 Å². The Morgan fingerprint density at radius 2 is 2.00 bits per heavy atom. The molecule has 0 unspecified atom stereocenters. The molecular weight excluding hydrogens is 464 g/mol. The van der Waals surface area contributed by atoms with Crippen molar-refractivity contribution >= 4 is 51.4 Å². The van der Waals surface area contributed by atoms with Crippen molar-refractivity contribution in [3.63, 3.8) is 0 Å². The first-order valence-corrected chi connectivity index (χ1v) is 10.4. The van der Waals surface area contributed by atoms with Crippen LogP contribution in [0.25, 0.3) is 11.3 Å². The number of hydrazone groups is 1. The molecule has 1 aromatic carbocycles. The fourth-order valence-corrected chi connectivity index (χ4v) is 3.48. The lowest BCUT2D eigenvalue weighted by Crippen LogP contribution is -2.19. The maximum absolute atomic E-state index is 11.9. The van der Waals surface area contributed by atoms with Crippen LogP contribution in [0.15, 0.2) is 55.5 Å². The number of rotatable bonds is 6. The van der Waals surface area contributed by atoms with Gasteiger partial charge in [-0.05, 0) is 60.1 Å². The first kappa shape index (κ1) is 20.6. The predicted molar refractivity (Wildman–Crippen MR) is 115 cm³/mol. The molecule has 0 radical (unpaired) electrons. The van der Waals surface area contributed by atoms with Crippen LogP contribution in [0.2, 0.25) is 5.02 Å². The van der Waals surface area contributed by atoms with Crippen LogP contribution < -0.4 is 5.43 Å². The summed E-state index contributed by atoms with van der Waals surface area (Å²) in [5, 5.41) is 5.09. The van der Waals surface area contributed by atoms with Gasteiger partial charge < -0.3 is 4.42 Å². The molecule has 0 atom stereocenters. The monoisotopic (exact) mass is 478 g/mol. The molecule has 6 nitrogen and oxygen atoms in total. The van der Waals surface area contributed by atoms with Gasteiger partial charge in [0, 0.05) is 21.4 Å². The van der Waals surface area contributed by atoms with Crippen LogP contribution >= 0.6 is 39.3 Å². The number of benzene rings is 1. The van der Waals surface area contributed by atoms with E-state index in [9.17, 15) is 4.79 Å². The molecule has 0 spiro atoms. The number of halogens is 2. The van der Waals surface area contributed by atoms with Gasteiger partial charge in [0.2, 0.25) is 0 Å². The fraction of sp³-hybridized carbons (Fsp3) is 0.158. The van der Waals surface area contributed by atoms with E-state index in [1.807, 2.05) is 38.1 Å². The lowest BCUT2D eigenvalue weighted by molar-refractivity contribution is -0.118. The summed E-state index contributed by atoms with van der Waals surface area (Å²) in [6.07, 6.45) is 1.44. The van der Waals surface area contributed by atoms with Crippen LogP contribution in [0, 0.1) is 13.8 Å². The fourth-order valence-electron chi connectivity index (χ4n) is 2.32. The van der Waals surface area contributed by atoms with Gasteiger partial charge in [0.1, 0.15) is 11.5 Å².